The summed E-state index contributed by atoms with van der Waals surface area (Å²) >= 11 is 11.7. The normalized spacial score (nSPS) is 10.3. The molecule has 0 fully saturated rings. The first-order valence-electron chi connectivity index (χ1n) is 6.68. The molecule has 0 aliphatic carbocycles. The summed E-state index contributed by atoms with van der Waals surface area (Å²) in [6, 6.07) is 4.89. The Bertz CT molecular complexity index is 472. The van der Waals surface area contributed by atoms with Crippen LogP contribution in [-0.2, 0) is 9.53 Å². The van der Waals surface area contributed by atoms with E-state index in [1.165, 1.54) is 0 Å². The molecular weight excluding hydrogens is 299 g/mol. The Kier molecular flexibility index (Phi) is 7.63. The number of hydrogen-bond donors (Lipinski definition) is 0. The average Bonchev–Trinajstić information content (AvgIpc) is 2.41. The Morgan fingerprint density at radius 3 is 2.40 bits per heavy atom. The maximum Gasteiger partial charge on any atom is 0.305 e. The number of benzene rings is 1. The highest BCUT2D eigenvalue weighted by molar-refractivity contribution is 6.42. The maximum atomic E-state index is 11.9. The lowest BCUT2D eigenvalue weighted by atomic mass is 10.0. The highest BCUT2D eigenvalue weighted by Crippen LogP contribution is 2.23. The fourth-order valence-corrected chi connectivity index (χ4v) is 2.08. The molecule has 0 amide bonds. The standard InChI is InChI=1S/C15H18Cl2O3/c1-2-20-15(19)7-5-3-4-6-14(18)11-8-9-12(16)13(17)10-11/h8-10H,2-7H2,1H3. The van der Waals surface area contributed by atoms with Gasteiger partial charge in [-0.2, -0.15) is 0 Å². The van der Waals surface area contributed by atoms with Gasteiger partial charge in [0, 0.05) is 18.4 Å². The van der Waals surface area contributed by atoms with Gasteiger partial charge in [-0.3, -0.25) is 9.59 Å². The largest absolute Gasteiger partial charge is 0.466 e. The number of esters is 1. The van der Waals surface area contributed by atoms with Crippen LogP contribution in [0.15, 0.2) is 18.2 Å². The van der Waals surface area contributed by atoms with E-state index in [2.05, 4.69) is 0 Å². The van der Waals surface area contributed by atoms with E-state index in [4.69, 9.17) is 27.9 Å². The van der Waals surface area contributed by atoms with Crippen LogP contribution in [0, 0.1) is 0 Å². The molecule has 0 radical (unpaired) electrons. The summed E-state index contributed by atoms with van der Waals surface area (Å²) in [6.45, 7) is 2.20. The van der Waals surface area contributed by atoms with Crippen LogP contribution >= 0.6 is 23.2 Å². The van der Waals surface area contributed by atoms with E-state index in [9.17, 15) is 9.59 Å². The van der Waals surface area contributed by atoms with Crippen LogP contribution in [0.3, 0.4) is 0 Å². The monoisotopic (exact) mass is 316 g/mol. The van der Waals surface area contributed by atoms with Crippen molar-refractivity contribution in [2.45, 2.75) is 39.0 Å². The Labute approximate surface area is 129 Å². The maximum absolute atomic E-state index is 11.9. The molecule has 0 saturated carbocycles. The molecule has 5 heteroatoms. The molecule has 0 spiro atoms. The molecule has 0 unspecified atom stereocenters. The minimum atomic E-state index is -0.177. The van der Waals surface area contributed by atoms with Crippen LogP contribution in [0.25, 0.3) is 0 Å². The van der Waals surface area contributed by atoms with E-state index in [1.54, 1.807) is 25.1 Å². The Morgan fingerprint density at radius 1 is 1.05 bits per heavy atom. The van der Waals surface area contributed by atoms with Crippen molar-refractivity contribution in [2.75, 3.05) is 6.61 Å². The van der Waals surface area contributed by atoms with Crippen molar-refractivity contribution in [3.63, 3.8) is 0 Å². The summed E-state index contributed by atoms with van der Waals surface area (Å²) in [5.74, 6) is -0.136. The van der Waals surface area contributed by atoms with Crippen LogP contribution in [0.1, 0.15) is 49.4 Å². The second kappa shape index (κ2) is 8.98. The van der Waals surface area contributed by atoms with Gasteiger partial charge in [0.25, 0.3) is 0 Å². The molecule has 0 bridgehead atoms. The third kappa shape index (κ3) is 5.93. The molecule has 0 aliphatic heterocycles. The Balaban J connectivity index is 2.26. The minimum absolute atomic E-state index is 0.0414. The van der Waals surface area contributed by atoms with E-state index in [0.29, 0.717) is 35.1 Å². The van der Waals surface area contributed by atoms with E-state index in [1.807, 2.05) is 0 Å². The lowest BCUT2D eigenvalue weighted by Gasteiger charge is -2.03. The zero-order valence-corrected chi connectivity index (χ0v) is 13.0. The molecule has 1 rings (SSSR count). The van der Waals surface area contributed by atoms with Gasteiger partial charge in [-0.25, -0.2) is 0 Å². The van der Waals surface area contributed by atoms with Crippen molar-refractivity contribution in [1.29, 1.82) is 0 Å². The smallest absolute Gasteiger partial charge is 0.305 e. The number of ketones is 1. The van der Waals surface area contributed by atoms with Crippen LogP contribution in [0.5, 0.6) is 0 Å². The molecule has 0 heterocycles. The van der Waals surface area contributed by atoms with Gasteiger partial charge in [0.1, 0.15) is 0 Å². The molecule has 0 N–H and O–H groups in total. The fraction of sp³-hybridized carbons (Fsp3) is 0.467. The van der Waals surface area contributed by atoms with Gasteiger partial charge in [-0.15, -0.1) is 0 Å². The number of unbranched alkanes of at least 4 members (excludes halogenated alkanes) is 2. The molecular formula is C15H18Cl2O3. The minimum Gasteiger partial charge on any atom is -0.466 e. The summed E-state index contributed by atoms with van der Waals surface area (Å²) < 4.78 is 4.83. The molecule has 0 atom stereocenters. The van der Waals surface area contributed by atoms with E-state index < -0.39 is 0 Å². The molecule has 0 aromatic heterocycles. The predicted octanol–water partition coefficient (Wildman–Crippen LogP) is 4.69. The van der Waals surface area contributed by atoms with Gasteiger partial charge in [-0.1, -0.05) is 29.6 Å². The number of Topliss-reactive ketones (excluding diaryl/α,β-unsaturated/α-hetero) is 1. The van der Waals surface area contributed by atoms with Gasteiger partial charge in [0.2, 0.25) is 0 Å². The molecule has 0 aliphatic rings. The van der Waals surface area contributed by atoms with Crippen molar-refractivity contribution in [1.82, 2.24) is 0 Å². The Morgan fingerprint density at radius 2 is 1.75 bits per heavy atom. The zero-order chi connectivity index (χ0) is 15.0. The van der Waals surface area contributed by atoms with E-state index in [-0.39, 0.29) is 11.8 Å². The molecule has 0 saturated heterocycles. The lowest BCUT2D eigenvalue weighted by Crippen LogP contribution is -2.03. The molecule has 3 nitrogen and oxygen atoms in total. The predicted molar refractivity (Wildman–Crippen MR) is 80.5 cm³/mol. The van der Waals surface area contributed by atoms with Gasteiger partial charge >= 0.3 is 5.97 Å². The third-order valence-electron chi connectivity index (χ3n) is 2.83. The highest BCUT2D eigenvalue weighted by atomic mass is 35.5. The number of rotatable bonds is 8. The second-order valence-corrected chi connectivity index (χ2v) is 5.23. The molecule has 1 aromatic carbocycles. The molecule has 20 heavy (non-hydrogen) atoms. The summed E-state index contributed by atoms with van der Waals surface area (Å²) in [7, 11) is 0. The summed E-state index contributed by atoms with van der Waals surface area (Å²) in [5.41, 5.74) is 0.574. The first kappa shape index (κ1) is 17.0. The van der Waals surface area contributed by atoms with E-state index in [0.717, 1.165) is 19.3 Å². The van der Waals surface area contributed by atoms with Crippen molar-refractivity contribution in [3.05, 3.63) is 33.8 Å². The number of ether oxygens (including phenoxy) is 1. The van der Waals surface area contributed by atoms with Crippen LogP contribution < -0.4 is 0 Å². The van der Waals surface area contributed by atoms with Crippen LogP contribution in [-0.4, -0.2) is 18.4 Å². The van der Waals surface area contributed by atoms with Crippen molar-refractivity contribution >= 4 is 35.0 Å². The van der Waals surface area contributed by atoms with Crippen molar-refractivity contribution in [3.8, 4) is 0 Å². The summed E-state index contributed by atoms with van der Waals surface area (Å²) in [4.78, 5) is 23.0. The zero-order valence-electron chi connectivity index (χ0n) is 11.5. The van der Waals surface area contributed by atoms with Gasteiger partial charge < -0.3 is 4.74 Å². The number of halogens is 2. The average molecular weight is 317 g/mol. The summed E-state index contributed by atoms with van der Waals surface area (Å²) in [6.07, 6.45) is 3.17. The van der Waals surface area contributed by atoms with E-state index >= 15 is 0 Å². The second-order valence-electron chi connectivity index (χ2n) is 4.42. The third-order valence-corrected chi connectivity index (χ3v) is 3.57. The van der Waals surface area contributed by atoms with Gasteiger partial charge in [-0.05, 0) is 38.0 Å². The summed E-state index contributed by atoms with van der Waals surface area (Å²) in [5, 5.41) is 0.831. The van der Waals surface area contributed by atoms with Crippen molar-refractivity contribution in [2.24, 2.45) is 0 Å². The molecule has 110 valence electrons. The Hall–Kier alpha value is -1.06. The first-order chi connectivity index (χ1) is 9.54. The molecule has 1 aromatic rings. The quantitative estimate of drug-likeness (QED) is 0.397. The van der Waals surface area contributed by atoms with Gasteiger partial charge in [0.15, 0.2) is 5.78 Å². The highest BCUT2D eigenvalue weighted by Gasteiger charge is 2.08. The lowest BCUT2D eigenvalue weighted by molar-refractivity contribution is -0.143. The topological polar surface area (TPSA) is 43.4 Å². The van der Waals surface area contributed by atoms with Crippen molar-refractivity contribution < 1.29 is 14.3 Å². The fourth-order valence-electron chi connectivity index (χ4n) is 1.78. The van der Waals surface area contributed by atoms with Gasteiger partial charge in [0.05, 0.1) is 16.7 Å². The van der Waals surface area contributed by atoms with Crippen LogP contribution in [0.2, 0.25) is 10.0 Å². The first-order valence-corrected chi connectivity index (χ1v) is 7.44. The SMILES string of the molecule is CCOC(=O)CCCCCC(=O)c1ccc(Cl)c(Cl)c1. The number of carbonyl (C=O) groups excluding carboxylic acids is 2. The number of carbonyl (C=O) groups is 2. The number of hydrogen-bond acceptors (Lipinski definition) is 3. The van der Waals surface area contributed by atoms with Crippen LogP contribution in [0.4, 0.5) is 0 Å².